The molecule has 9 heteroatoms. The Morgan fingerprint density at radius 1 is 1.23 bits per heavy atom. The number of non-ortho nitro benzene ring substituents is 1. The Balaban J connectivity index is 1.86. The molecule has 2 heterocycles. The molecule has 1 aliphatic rings. The first-order chi connectivity index (χ1) is 13.9. The van der Waals surface area contributed by atoms with Crippen LogP contribution in [-0.4, -0.2) is 22.3 Å². The van der Waals surface area contributed by atoms with Gasteiger partial charge in [-0.15, -0.1) is 11.3 Å². The summed E-state index contributed by atoms with van der Waals surface area (Å²) in [7, 11) is 0. The van der Waals surface area contributed by atoms with Crippen LogP contribution in [-0.2, 0) is 16.8 Å². The maximum atomic E-state index is 12.5. The van der Waals surface area contributed by atoms with Crippen LogP contribution >= 0.6 is 11.3 Å². The first-order valence-corrected chi connectivity index (χ1v) is 10.2. The average Bonchev–Trinajstić information content (AvgIpc) is 2.97. The number of carbonyl (C=O) groups is 2. The van der Waals surface area contributed by atoms with Crippen LogP contribution < -0.4 is 16.4 Å². The summed E-state index contributed by atoms with van der Waals surface area (Å²) >= 11 is 1.35. The molecule has 8 nitrogen and oxygen atoms in total. The number of rotatable bonds is 5. The number of thiophene rings is 1. The molecule has 0 saturated carbocycles. The fourth-order valence-corrected chi connectivity index (χ4v) is 5.19. The zero-order valence-corrected chi connectivity index (χ0v) is 18.1. The Kier molecular flexibility index (Phi) is 5.53. The highest BCUT2D eigenvalue weighted by Crippen LogP contribution is 2.44. The van der Waals surface area contributed by atoms with Crippen molar-refractivity contribution in [2.24, 2.45) is 5.73 Å². The van der Waals surface area contributed by atoms with Gasteiger partial charge in [0.2, 0.25) is 5.91 Å². The van der Waals surface area contributed by atoms with Crippen molar-refractivity contribution in [1.29, 1.82) is 0 Å². The monoisotopic (exact) mass is 428 g/mol. The van der Waals surface area contributed by atoms with E-state index in [1.807, 2.05) is 13.8 Å². The molecule has 0 atom stereocenters. The van der Waals surface area contributed by atoms with Gasteiger partial charge in [0.05, 0.1) is 10.5 Å². The van der Waals surface area contributed by atoms with E-state index < -0.39 is 16.7 Å². The second kappa shape index (κ2) is 7.66. The van der Waals surface area contributed by atoms with E-state index in [1.165, 1.54) is 29.5 Å². The van der Waals surface area contributed by atoms with Crippen LogP contribution in [0.4, 0.5) is 10.7 Å². The molecule has 0 radical (unpaired) electrons. The topological polar surface area (TPSA) is 127 Å². The molecule has 30 heavy (non-hydrogen) atoms. The number of primary amides is 1. The van der Waals surface area contributed by atoms with Gasteiger partial charge in [0, 0.05) is 34.2 Å². The fourth-order valence-electron chi connectivity index (χ4n) is 3.91. The van der Waals surface area contributed by atoms with Crippen molar-refractivity contribution in [3.8, 4) is 0 Å². The highest BCUT2D eigenvalue weighted by molar-refractivity contribution is 7.17. The molecule has 1 aliphatic heterocycles. The van der Waals surface area contributed by atoms with Crippen LogP contribution in [0.25, 0.3) is 6.08 Å². The summed E-state index contributed by atoms with van der Waals surface area (Å²) in [4.78, 5) is 35.9. The first kappa shape index (κ1) is 21.7. The lowest BCUT2D eigenvalue weighted by atomic mass is 9.81. The van der Waals surface area contributed by atoms with E-state index in [0.29, 0.717) is 22.5 Å². The number of nitrogens with zero attached hydrogens (tertiary/aromatic N) is 1. The van der Waals surface area contributed by atoms with Crippen molar-refractivity contribution < 1.29 is 14.5 Å². The molecular weight excluding hydrogens is 404 g/mol. The van der Waals surface area contributed by atoms with Crippen LogP contribution in [0.2, 0.25) is 0 Å². The predicted octanol–water partition coefficient (Wildman–Crippen LogP) is 3.57. The molecule has 0 aliphatic carbocycles. The minimum atomic E-state index is -0.573. The zero-order chi connectivity index (χ0) is 22.3. The Labute approximate surface area is 178 Å². The number of anilines is 1. The van der Waals surface area contributed by atoms with E-state index in [9.17, 15) is 19.7 Å². The number of carbonyl (C=O) groups excluding carboxylic acids is 2. The molecule has 1 aromatic carbocycles. The first-order valence-electron chi connectivity index (χ1n) is 9.38. The maximum Gasteiger partial charge on any atom is 0.269 e. The van der Waals surface area contributed by atoms with Crippen molar-refractivity contribution in [2.45, 2.75) is 45.2 Å². The van der Waals surface area contributed by atoms with Crippen LogP contribution in [0.3, 0.4) is 0 Å². The van der Waals surface area contributed by atoms with E-state index in [1.54, 1.807) is 18.2 Å². The van der Waals surface area contributed by atoms with E-state index in [-0.39, 0.29) is 16.8 Å². The van der Waals surface area contributed by atoms with Gasteiger partial charge in [-0.2, -0.15) is 0 Å². The van der Waals surface area contributed by atoms with Gasteiger partial charge in [-0.3, -0.25) is 19.7 Å². The van der Waals surface area contributed by atoms with Gasteiger partial charge in [-0.05, 0) is 63.5 Å². The number of benzene rings is 1. The Hall–Kier alpha value is -3.04. The van der Waals surface area contributed by atoms with E-state index in [4.69, 9.17) is 5.73 Å². The molecule has 158 valence electrons. The summed E-state index contributed by atoms with van der Waals surface area (Å²) in [6, 6.07) is 5.84. The molecule has 0 saturated heterocycles. The lowest BCUT2D eigenvalue weighted by Crippen LogP contribution is -2.55. The minimum absolute atomic E-state index is 0.0222. The fraction of sp³-hybridized carbons (Fsp3) is 0.333. The standard InChI is InChI=1S/C21H24N4O4S/c1-20(2)11-14-16(18(22)27)19(30-17(14)21(3,4)24-20)23-15(26)10-7-12-5-8-13(9-6-12)25(28)29/h5-10,24H,11H2,1-4H3,(H2,22,27)(H,23,26). The van der Waals surface area contributed by atoms with Gasteiger partial charge in [0.1, 0.15) is 5.00 Å². The molecule has 0 bridgehead atoms. The van der Waals surface area contributed by atoms with Crippen molar-refractivity contribution >= 4 is 39.9 Å². The highest BCUT2D eigenvalue weighted by Gasteiger charge is 2.41. The molecule has 1 aromatic heterocycles. The van der Waals surface area contributed by atoms with E-state index in [0.717, 1.165) is 10.4 Å². The van der Waals surface area contributed by atoms with Crippen LogP contribution in [0.1, 0.15) is 54.1 Å². The number of amides is 2. The Morgan fingerprint density at radius 2 is 1.87 bits per heavy atom. The third kappa shape index (κ3) is 4.42. The smallest absolute Gasteiger partial charge is 0.269 e. The van der Waals surface area contributed by atoms with E-state index in [2.05, 4.69) is 24.5 Å². The third-order valence-corrected chi connectivity index (χ3v) is 6.33. The highest BCUT2D eigenvalue weighted by atomic mass is 32.1. The van der Waals surface area contributed by atoms with Gasteiger partial charge in [-0.25, -0.2) is 0 Å². The van der Waals surface area contributed by atoms with Crippen molar-refractivity contribution in [3.63, 3.8) is 0 Å². The normalized spacial score (nSPS) is 16.8. The quantitative estimate of drug-likeness (QED) is 0.381. The molecule has 0 unspecified atom stereocenters. The summed E-state index contributed by atoms with van der Waals surface area (Å²) in [6.45, 7) is 8.19. The number of nitrogens with two attached hydrogens (primary N) is 1. The zero-order valence-electron chi connectivity index (χ0n) is 17.2. The summed E-state index contributed by atoms with van der Waals surface area (Å²) in [6.07, 6.45) is 3.48. The average molecular weight is 429 g/mol. The van der Waals surface area contributed by atoms with Crippen molar-refractivity contribution in [1.82, 2.24) is 5.32 Å². The van der Waals surface area contributed by atoms with Crippen molar-refractivity contribution in [2.75, 3.05) is 5.32 Å². The number of fused-ring (bicyclic) bond motifs is 1. The van der Waals surface area contributed by atoms with Gasteiger partial charge in [0.25, 0.3) is 11.6 Å². The number of nitro groups is 1. The lowest BCUT2D eigenvalue weighted by molar-refractivity contribution is -0.384. The van der Waals surface area contributed by atoms with Crippen molar-refractivity contribution in [3.05, 3.63) is 62.0 Å². The summed E-state index contributed by atoms with van der Waals surface area (Å²) in [5.74, 6) is -0.991. The predicted molar refractivity (Wildman–Crippen MR) is 118 cm³/mol. The number of hydrogen-bond donors (Lipinski definition) is 3. The molecule has 2 aromatic rings. The molecule has 0 fully saturated rings. The minimum Gasteiger partial charge on any atom is -0.365 e. The molecule has 0 spiro atoms. The van der Waals surface area contributed by atoms with Gasteiger partial charge < -0.3 is 16.4 Å². The van der Waals surface area contributed by atoms with Gasteiger partial charge in [0.15, 0.2) is 0 Å². The third-order valence-electron chi connectivity index (χ3n) is 4.86. The molecular formula is C21H24N4O4S. The van der Waals surface area contributed by atoms with Crippen LogP contribution in [0.15, 0.2) is 30.3 Å². The number of hydrogen-bond acceptors (Lipinski definition) is 6. The Bertz CT molecular complexity index is 1050. The van der Waals surface area contributed by atoms with Gasteiger partial charge in [-0.1, -0.05) is 0 Å². The maximum absolute atomic E-state index is 12.5. The second-order valence-corrected chi connectivity index (χ2v) is 9.48. The summed E-state index contributed by atoms with van der Waals surface area (Å²) in [5, 5.41) is 17.5. The van der Waals surface area contributed by atoms with Crippen LogP contribution in [0.5, 0.6) is 0 Å². The molecule has 3 rings (SSSR count). The summed E-state index contributed by atoms with van der Waals surface area (Å²) < 4.78 is 0. The van der Waals surface area contributed by atoms with Crippen LogP contribution in [0, 0.1) is 10.1 Å². The SMILES string of the molecule is CC1(C)Cc2c(sc(NC(=O)C=Cc3ccc([N+](=O)[O-])cc3)c2C(N)=O)C(C)(C)N1. The lowest BCUT2D eigenvalue weighted by Gasteiger charge is -2.42. The van der Waals surface area contributed by atoms with E-state index >= 15 is 0 Å². The molecule has 2 amide bonds. The number of nitro benzene ring substituents is 1. The number of nitrogens with one attached hydrogen (secondary N) is 2. The second-order valence-electron chi connectivity index (χ2n) is 8.46. The van der Waals surface area contributed by atoms with Gasteiger partial charge >= 0.3 is 0 Å². The molecule has 4 N–H and O–H groups in total. The largest absolute Gasteiger partial charge is 0.365 e. The Morgan fingerprint density at radius 3 is 2.43 bits per heavy atom. The summed E-state index contributed by atoms with van der Waals surface area (Å²) in [5.41, 5.74) is 6.91.